The molecule has 0 amide bonds. The van der Waals surface area contributed by atoms with Crippen molar-refractivity contribution in [2.24, 2.45) is 0 Å². The van der Waals surface area contributed by atoms with Gasteiger partial charge < -0.3 is 14.2 Å². The molecule has 6 nitrogen and oxygen atoms in total. The Hall–Kier alpha value is -2.89. The molecule has 0 saturated carbocycles. The van der Waals surface area contributed by atoms with Gasteiger partial charge in [-0.15, -0.1) is 0 Å². The van der Waals surface area contributed by atoms with Gasteiger partial charge in [0.05, 0.1) is 0 Å². The van der Waals surface area contributed by atoms with E-state index in [1.807, 2.05) is 0 Å². The second kappa shape index (κ2) is 56.7. The van der Waals surface area contributed by atoms with Crippen LogP contribution in [0.1, 0.15) is 297 Å². The van der Waals surface area contributed by atoms with E-state index in [-0.39, 0.29) is 31.1 Å². The van der Waals surface area contributed by atoms with Gasteiger partial charge in [0.1, 0.15) is 13.2 Å². The molecule has 1 unspecified atom stereocenters. The van der Waals surface area contributed by atoms with E-state index in [1.54, 1.807) is 0 Å². The van der Waals surface area contributed by atoms with Gasteiger partial charge in [-0.2, -0.15) is 0 Å². The first-order valence-electron chi connectivity index (χ1n) is 29.3. The highest BCUT2D eigenvalue weighted by molar-refractivity contribution is 5.71. The van der Waals surface area contributed by atoms with E-state index >= 15 is 0 Å². The standard InChI is InChI=1S/C62H110O6/c1-4-7-10-13-16-19-22-24-26-28-29-30-31-32-33-35-36-38-40-43-46-49-52-55-61(64)67-58-59(57-66-60(63)54-51-48-45-42-21-18-15-12-9-6-3)68-62(65)56-53-50-47-44-41-39-37-34-27-25-23-20-17-14-11-8-5-2/h8,11-12,15,17,20,25,27,37,39,59H,4-7,9-10,13-14,16,18-19,21-24,26,28-36,38,40-58H2,1-3H3/b11-8-,15-12-,20-17-,27-25-,39-37-. The summed E-state index contributed by atoms with van der Waals surface area (Å²) in [5, 5.41) is 0. The van der Waals surface area contributed by atoms with Crippen molar-refractivity contribution in [2.75, 3.05) is 13.2 Å². The number of carbonyl (C=O) groups excluding carboxylic acids is 3. The lowest BCUT2D eigenvalue weighted by molar-refractivity contribution is -0.167. The molecular weight excluding hydrogens is 841 g/mol. The molecule has 0 spiro atoms. The number of ether oxygens (including phenoxy) is 3. The Morgan fingerprint density at radius 3 is 0.971 bits per heavy atom. The number of hydrogen-bond donors (Lipinski definition) is 0. The SMILES string of the molecule is CC/C=C\C/C=C\C/C=C\C/C=C\CCCCCCC(=O)OC(COC(=O)CCCCCCC/C=C\CCC)COC(=O)CCCCCCCCCCCCCCCCCCCCCCCCC. The molecule has 0 aromatic carbocycles. The van der Waals surface area contributed by atoms with Gasteiger partial charge in [-0.05, 0) is 77.0 Å². The van der Waals surface area contributed by atoms with Crippen LogP contribution in [-0.2, 0) is 28.6 Å². The molecule has 0 radical (unpaired) electrons. The van der Waals surface area contributed by atoms with Crippen LogP contribution in [-0.4, -0.2) is 37.2 Å². The Morgan fingerprint density at radius 1 is 0.309 bits per heavy atom. The van der Waals surface area contributed by atoms with E-state index in [1.165, 1.54) is 148 Å². The van der Waals surface area contributed by atoms with Gasteiger partial charge in [0.25, 0.3) is 0 Å². The summed E-state index contributed by atoms with van der Waals surface area (Å²) in [5.74, 6) is -0.909. The fourth-order valence-corrected chi connectivity index (χ4v) is 8.38. The third-order valence-corrected chi connectivity index (χ3v) is 12.7. The highest BCUT2D eigenvalue weighted by Crippen LogP contribution is 2.17. The van der Waals surface area contributed by atoms with Gasteiger partial charge in [0.15, 0.2) is 6.10 Å². The molecule has 0 heterocycles. The maximum Gasteiger partial charge on any atom is 0.306 e. The van der Waals surface area contributed by atoms with Crippen molar-refractivity contribution in [1.29, 1.82) is 0 Å². The molecule has 0 aromatic rings. The van der Waals surface area contributed by atoms with Crippen LogP contribution in [0.15, 0.2) is 60.8 Å². The zero-order chi connectivity index (χ0) is 49.3. The number of unbranched alkanes of at least 4 members (excludes halogenated alkanes) is 32. The Bertz CT molecular complexity index is 1230. The maximum atomic E-state index is 12.8. The lowest BCUT2D eigenvalue weighted by Gasteiger charge is -2.18. The maximum absolute atomic E-state index is 12.8. The summed E-state index contributed by atoms with van der Waals surface area (Å²) in [6.45, 7) is 6.47. The summed E-state index contributed by atoms with van der Waals surface area (Å²) >= 11 is 0. The Balaban J connectivity index is 4.26. The summed E-state index contributed by atoms with van der Waals surface area (Å²) < 4.78 is 16.8. The predicted octanol–water partition coefficient (Wildman–Crippen LogP) is 19.6. The first-order chi connectivity index (χ1) is 33.5. The minimum absolute atomic E-state index is 0.0845. The fraction of sp³-hybridized carbons (Fsp3) is 0.790. The molecule has 0 bridgehead atoms. The lowest BCUT2D eigenvalue weighted by atomic mass is 10.0. The largest absolute Gasteiger partial charge is 0.462 e. The van der Waals surface area contributed by atoms with Crippen LogP contribution < -0.4 is 0 Å². The minimum atomic E-state index is -0.788. The van der Waals surface area contributed by atoms with Crippen LogP contribution in [0, 0.1) is 0 Å². The average Bonchev–Trinajstić information content (AvgIpc) is 3.34. The monoisotopic (exact) mass is 951 g/mol. The van der Waals surface area contributed by atoms with Gasteiger partial charge in [0.2, 0.25) is 0 Å². The quantitative estimate of drug-likeness (QED) is 0.0262. The van der Waals surface area contributed by atoms with Gasteiger partial charge in [-0.25, -0.2) is 0 Å². The molecule has 394 valence electrons. The zero-order valence-corrected chi connectivity index (χ0v) is 45.1. The molecule has 0 N–H and O–H groups in total. The zero-order valence-electron chi connectivity index (χ0n) is 45.1. The number of allylic oxidation sites excluding steroid dienone is 10. The summed E-state index contributed by atoms with van der Waals surface area (Å²) in [7, 11) is 0. The third kappa shape index (κ3) is 54.1. The van der Waals surface area contributed by atoms with E-state index < -0.39 is 6.10 Å². The first kappa shape index (κ1) is 65.1. The Kier molecular flexibility index (Phi) is 54.3. The first-order valence-corrected chi connectivity index (χ1v) is 29.3. The Morgan fingerprint density at radius 2 is 0.603 bits per heavy atom. The predicted molar refractivity (Wildman–Crippen MR) is 293 cm³/mol. The lowest BCUT2D eigenvalue weighted by Crippen LogP contribution is -2.30. The molecular formula is C62H110O6. The molecule has 1 atom stereocenters. The number of esters is 3. The van der Waals surface area contributed by atoms with Crippen LogP contribution in [0.25, 0.3) is 0 Å². The topological polar surface area (TPSA) is 78.9 Å². The van der Waals surface area contributed by atoms with Gasteiger partial charge >= 0.3 is 17.9 Å². The summed E-state index contributed by atoms with van der Waals surface area (Å²) in [4.78, 5) is 38.1. The van der Waals surface area contributed by atoms with Crippen molar-refractivity contribution < 1.29 is 28.6 Å². The fourth-order valence-electron chi connectivity index (χ4n) is 8.38. The highest BCUT2D eigenvalue weighted by Gasteiger charge is 2.19. The molecule has 0 aromatic heterocycles. The van der Waals surface area contributed by atoms with Gasteiger partial charge in [-0.3, -0.25) is 14.4 Å². The molecule has 0 fully saturated rings. The van der Waals surface area contributed by atoms with E-state index in [0.717, 1.165) is 109 Å². The number of hydrogen-bond acceptors (Lipinski definition) is 6. The van der Waals surface area contributed by atoms with Crippen molar-refractivity contribution in [3.8, 4) is 0 Å². The van der Waals surface area contributed by atoms with Crippen molar-refractivity contribution in [3.05, 3.63) is 60.8 Å². The summed E-state index contributed by atoms with van der Waals surface area (Å²) in [6.07, 6.45) is 70.9. The molecule has 0 saturated heterocycles. The molecule has 6 heteroatoms. The third-order valence-electron chi connectivity index (χ3n) is 12.7. The van der Waals surface area contributed by atoms with Crippen LogP contribution in [0.5, 0.6) is 0 Å². The van der Waals surface area contributed by atoms with Crippen molar-refractivity contribution in [1.82, 2.24) is 0 Å². The van der Waals surface area contributed by atoms with Crippen LogP contribution in [0.4, 0.5) is 0 Å². The molecule has 0 aliphatic carbocycles. The van der Waals surface area contributed by atoms with Gasteiger partial charge in [0, 0.05) is 19.3 Å². The average molecular weight is 952 g/mol. The normalized spacial score (nSPS) is 12.5. The summed E-state index contributed by atoms with van der Waals surface area (Å²) in [6, 6.07) is 0. The second-order valence-corrected chi connectivity index (χ2v) is 19.5. The number of carbonyl (C=O) groups is 3. The minimum Gasteiger partial charge on any atom is -0.462 e. The highest BCUT2D eigenvalue weighted by atomic mass is 16.6. The van der Waals surface area contributed by atoms with E-state index in [2.05, 4.69) is 81.5 Å². The van der Waals surface area contributed by atoms with Crippen molar-refractivity contribution in [3.63, 3.8) is 0 Å². The van der Waals surface area contributed by atoms with Crippen LogP contribution in [0.3, 0.4) is 0 Å². The van der Waals surface area contributed by atoms with Crippen molar-refractivity contribution >= 4 is 17.9 Å². The molecule has 0 aliphatic rings. The molecule has 0 aliphatic heterocycles. The number of rotatable bonds is 53. The molecule has 0 rings (SSSR count). The smallest absolute Gasteiger partial charge is 0.306 e. The van der Waals surface area contributed by atoms with Gasteiger partial charge in [-0.1, -0.05) is 261 Å². The molecule has 68 heavy (non-hydrogen) atoms. The Labute approximate surface area is 421 Å². The van der Waals surface area contributed by atoms with E-state index in [4.69, 9.17) is 14.2 Å². The van der Waals surface area contributed by atoms with Crippen molar-refractivity contribution in [2.45, 2.75) is 303 Å². The van der Waals surface area contributed by atoms with Crippen LogP contribution in [0.2, 0.25) is 0 Å². The van der Waals surface area contributed by atoms with E-state index in [0.29, 0.717) is 19.3 Å². The van der Waals surface area contributed by atoms with Crippen LogP contribution >= 0.6 is 0 Å². The van der Waals surface area contributed by atoms with E-state index in [9.17, 15) is 14.4 Å². The summed E-state index contributed by atoms with van der Waals surface area (Å²) in [5.41, 5.74) is 0. The second-order valence-electron chi connectivity index (χ2n) is 19.5.